The molecule has 2 N–H and O–H groups in total. The molecule has 4 nitrogen and oxygen atoms in total. The van der Waals surface area contributed by atoms with Gasteiger partial charge in [-0.25, -0.2) is 4.98 Å². The van der Waals surface area contributed by atoms with Crippen molar-refractivity contribution in [3.63, 3.8) is 0 Å². The largest absolute Gasteiger partial charge is 0.378 e. The summed E-state index contributed by atoms with van der Waals surface area (Å²) in [6.45, 7) is 4.48. The number of hydrogen-bond donors (Lipinski definition) is 1. The van der Waals surface area contributed by atoms with Gasteiger partial charge in [-0.3, -0.25) is 0 Å². The van der Waals surface area contributed by atoms with Crippen LogP contribution in [0.3, 0.4) is 0 Å². The number of thiazole rings is 1. The Labute approximate surface area is 94.4 Å². The quantitative estimate of drug-likeness (QED) is 0.724. The summed E-state index contributed by atoms with van der Waals surface area (Å²) in [6.07, 6.45) is 1.03. The molecule has 5 heteroatoms. The Morgan fingerprint density at radius 3 is 2.80 bits per heavy atom. The summed E-state index contributed by atoms with van der Waals surface area (Å²) in [6, 6.07) is 0. The highest BCUT2D eigenvalue weighted by molar-refractivity contribution is 7.11. The van der Waals surface area contributed by atoms with Crippen LogP contribution in [0.15, 0.2) is 0 Å². The molecule has 0 amide bonds. The van der Waals surface area contributed by atoms with Crippen molar-refractivity contribution in [1.82, 2.24) is 4.98 Å². The van der Waals surface area contributed by atoms with E-state index in [2.05, 4.69) is 11.9 Å². The van der Waals surface area contributed by atoms with E-state index in [1.165, 1.54) is 0 Å². The van der Waals surface area contributed by atoms with Crippen LogP contribution in [0, 0.1) is 0 Å². The lowest BCUT2D eigenvalue weighted by Gasteiger charge is -1.97. The van der Waals surface area contributed by atoms with Crippen molar-refractivity contribution in [3.05, 3.63) is 15.6 Å². The summed E-state index contributed by atoms with van der Waals surface area (Å²) >= 11 is 1.61. The van der Waals surface area contributed by atoms with Crippen molar-refractivity contribution >= 4 is 11.3 Å². The first kappa shape index (κ1) is 12.6. The van der Waals surface area contributed by atoms with E-state index in [4.69, 9.17) is 15.2 Å². The van der Waals surface area contributed by atoms with E-state index >= 15 is 0 Å². The van der Waals surface area contributed by atoms with Crippen molar-refractivity contribution in [1.29, 1.82) is 0 Å². The summed E-state index contributed by atoms with van der Waals surface area (Å²) in [7, 11) is 1.66. The fourth-order valence-corrected chi connectivity index (χ4v) is 2.10. The van der Waals surface area contributed by atoms with Gasteiger partial charge in [-0.2, -0.15) is 0 Å². The van der Waals surface area contributed by atoms with Gasteiger partial charge in [-0.05, 0) is 6.42 Å². The van der Waals surface area contributed by atoms with Crippen molar-refractivity contribution in [3.8, 4) is 0 Å². The Morgan fingerprint density at radius 1 is 1.40 bits per heavy atom. The number of aromatic nitrogens is 1. The molecule has 1 rings (SSSR count). The van der Waals surface area contributed by atoms with Gasteiger partial charge in [0, 0.05) is 25.1 Å². The molecule has 0 saturated carbocycles. The summed E-state index contributed by atoms with van der Waals surface area (Å²) < 4.78 is 10.5. The maximum Gasteiger partial charge on any atom is 0.119 e. The second-order valence-electron chi connectivity index (χ2n) is 3.17. The van der Waals surface area contributed by atoms with E-state index in [0.717, 1.165) is 28.6 Å². The minimum Gasteiger partial charge on any atom is -0.378 e. The van der Waals surface area contributed by atoms with E-state index in [1.807, 2.05) is 0 Å². The minimum absolute atomic E-state index is 0.518. The summed E-state index contributed by atoms with van der Waals surface area (Å²) in [5.41, 5.74) is 6.57. The molecule has 1 aromatic rings. The summed E-state index contributed by atoms with van der Waals surface area (Å²) in [5, 5.41) is 0.982. The lowest BCUT2D eigenvalue weighted by Crippen LogP contribution is -1.99. The van der Waals surface area contributed by atoms with Gasteiger partial charge in [0.1, 0.15) is 5.01 Å². The monoisotopic (exact) mass is 230 g/mol. The van der Waals surface area contributed by atoms with Crippen LogP contribution in [0.4, 0.5) is 0 Å². The van der Waals surface area contributed by atoms with Crippen LogP contribution >= 0.6 is 11.3 Å². The Morgan fingerprint density at radius 2 is 2.20 bits per heavy atom. The number of nitrogens with two attached hydrogens (primary N) is 1. The Kier molecular flexibility index (Phi) is 5.78. The molecule has 0 atom stereocenters. The zero-order valence-electron chi connectivity index (χ0n) is 9.28. The van der Waals surface area contributed by atoms with Crippen LogP contribution in [-0.2, 0) is 29.2 Å². The zero-order valence-corrected chi connectivity index (χ0v) is 10.1. The van der Waals surface area contributed by atoms with Gasteiger partial charge in [0.05, 0.1) is 18.9 Å². The molecule has 0 saturated heterocycles. The molecule has 0 aliphatic heterocycles. The average molecular weight is 230 g/mol. The fourth-order valence-electron chi connectivity index (χ4n) is 1.21. The molecule has 0 aliphatic carbocycles. The molecular formula is C10H18N2O2S. The highest BCUT2D eigenvalue weighted by Gasteiger charge is 2.09. The topological polar surface area (TPSA) is 57.4 Å². The van der Waals surface area contributed by atoms with Crippen LogP contribution in [0.25, 0.3) is 0 Å². The van der Waals surface area contributed by atoms with Gasteiger partial charge in [-0.15, -0.1) is 11.3 Å². The molecule has 0 aliphatic rings. The first-order valence-corrected chi connectivity index (χ1v) is 5.87. The van der Waals surface area contributed by atoms with Crippen molar-refractivity contribution in [2.24, 2.45) is 5.73 Å². The highest BCUT2D eigenvalue weighted by Crippen LogP contribution is 2.19. The second-order valence-corrected chi connectivity index (χ2v) is 4.34. The Bertz CT molecular complexity index is 289. The second kappa shape index (κ2) is 6.90. The molecule has 1 aromatic heterocycles. The molecular weight excluding hydrogens is 212 g/mol. The van der Waals surface area contributed by atoms with Crippen LogP contribution in [0.1, 0.15) is 28.9 Å². The standard InChI is InChI=1S/C10H18N2O2S/c1-3-4-14-7-10-12-8(6-13-2)9(5-11)15-10/h3-7,11H2,1-2H3. The summed E-state index contributed by atoms with van der Waals surface area (Å²) in [5.74, 6) is 0. The molecule has 0 spiro atoms. The molecule has 0 aromatic carbocycles. The fraction of sp³-hybridized carbons (Fsp3) is 0.700. The average Bonchev–Trinajstić information content (AvgIpc) is 2.62. The molecule has 15 heavy (non-hydrogen) atoms. The summed E-state index contributed by atoms with van der Waals surface area (Å²) in [4.78, 5) is 5.52. The third kappa shape index (κ3) is 3.87. The minimum atomic E-state index is 0.518. The maximum absolute atomic E-state index is 5.62. The van der Waals surface area contributed by atoms with Crippen LogP contribution in [0.2, 0.25) is 0 Å². The predicted octanol–water partition coefficient (Wildman–Crippen LogP) is 1.67. The number of hydrogen-bond acceptors (Lipinski definition) is 5. The number of ether oxygens (including phenoxy) is 2. The van der Waals surface area contributed by atoms with E-state index in [-0.39, 0.29) is 0 Å². The number of methoxy groups -OCH3 is 1. The smallest absolute Gasteiger partial charge is 0.119 e. The van der Waals surface area contributed by atoms with Crippen LogP contribution in [0.5, 0.6) is 0 Å². The van der Waals surface area contributed by atoms with E-state index < -0.39 is 0 Å². The first-order valence-electron chi connectivity index (χ1n) is 5.06. The number of nitrogens with zero attached hydrogens (tertiary/aromatic N) is 1. The molecule has 0 radical (unpaired) electrons. The maximum atomic E-state index is 5.62. The number of rotatable bonds is 7. The van der Waals surface area contributed by atoms with Gasteiger partial charge in [0.2, 0.25) is 0 Å². The zero-order chi connectivity index (χ0) is 11.1. The lowest BCUT2D eigenvalue weighted by atomic mass is 10.4. The Balaban J connectivity index is 2.57. The molecule has 1 heterocycles. The van der Waals surface area contributed by atoms with E-state index in [1.54, 1.807) is 18.4 Å². The van der Waals surface area contributed by atoms with Crippen LogP contribution < -0.4 is 5.73 Å². The van der Waals surface area contributed by atoms with Gasteiger partial charge < -0.3 is 15.2 Å². The highest BCUT2D eigenvalue weighted by atomic mass is 32.1. The van der Waals surface area contributed by atoms with E-state index in [0.29, 0.717) is 19.8 Å². The van der Waals surface area contributed by atoms with Crippen molar-refractivity contribution in [2.45, 2.75) is 33.1 Å². The predicted molar refractivity (Wildman–Crippen MR) is 60.7 cm³/mol. The van der Waals surface area contributed by atoms with Crippen molar-refractivity contribution < 1.29 is 9.47 Å². The molecule has 0 unspecified atom stereocenters. The van der Waals surface area contributed by atoms with Crippen LogP contribution in [-0.4, -0.2) is 18.7 Å². The van der Waals surface area contributed by atoms with Gasteiger partial charge in [0.25, 0.3) is 0 Å². The Hall–Kier alpha value is -0.490. The first-order chi connectivity index (χ1) is 7.31. The van der Waals surface area contributed by atoms with E-state index in [9.17, 15) is 0 Å². The third-order valence-electron chi connectivity index (χ3n) is 1.86. The molecule has 0 bridgehead atoms. The lowest BCUT2D eigenvalue weighted by molar-refractivity contribution is 0.120. The third-order valence-corrected chi connectivity index (χ3v) is 2.96. The molecule has 0 fully saturated rings. The van der Waals surface area contributed by atoms with Gasteiger partial charge >= 0.3 is 0 Å². The van der Waals surface area contributed by atoms with Gasteiger partial charge in [-0.1, -0.05) is 6.92 Å². The normalized spacial score (nSPS) is 10.9. The van der Waals surface area contributed by atoms with Crippen molar-refractivity contribution in [2.75, 3.05) is 13.7 Å². The SMILES string of the molecule is CCCOCc1nc(COC)c(CN)s1. The molecule has 86 valence electrons. The van der Waals surface area contributed by atoms with Gasteiger partial charge in [0.15, 0.2) is 0 Å².